The zero-order valence-corrected chi connectivity index (χ0v) is 43.4. The van der Waals surface area contributed by atoms with Crippen molar-refractivity contribution in [3.63, 3.8) is 0 Å². The molecule has 0 aromatic heterocycles. The third-order valence-electron chi connectivity index (χ3n) is 11.3. The van der Waals surface area contributed by atoms with Crippen LogP contribution in [0.1, 0.15) is 239 Å². The lowest BCUT2D eigenvalue weighted by Crippen LogP contribution is -2.30. The molecule has 0 saturated carbocycles. The molecule has 0 aromatic carbocycles. The molecule has 0 heterocycles. The number of carbonyl (C=O) groups excluding carboxylic acids is 3. The summed E-state index contributed by atoms with van der Waals surface area (Å²) in [5, 5.41) is 0. The smallest absolute Gasteiger partial charge is 0.306 e. The Morgan fingerprint density at radius 3 is 1.13 bits per heavy atom. The van der Waals surface area contributed by atoms with Crippen molar-refractivity contribution in [1.82, 2.24) is 0 Å². The molecule has 0 aromatic rings. The van der Waals surface area contributed by atoms with Gasteiger partial charge in [-0.25, -0.2) is 0 Å². The van der Waals surface area contributed by atoms with Crippen LogP contribution in [0.3, 0.4) is 0 Å². The van der Waals surface area contributed by atoms with Crippen LogP contribution in [-0.4, -0.2) is 37.2 Å². The van der Waals surface area contributed by atoms with E-state index in [1.165, 1.54) is 89.9 Å². The third kappa shape index (κ3) is 52.9. The molecule has 0 aliphatic rings. The quantitative estimate of drug-likeness (QED) is 0.0199. The fourth-order valence-electron chi connectivity index (χ4n) is 7.24. The van der Waals surface area contributed by atoms with Crippen molar-refractivity contribution in [1.29, 1.82) is 0 Å². The highest BCUT2D eigenvalue weighted by Gasteiger charge is 2.19. The van der Waals surface area contributed by atoms with Crippen molar-refractivity contribution in [3.05, 3.63) is 109 Å². The van der Waals surface area contributed by atoms with E-state index in [1.807, 2.05) is 0 Å². The van der Waals surface area contributed by atoms with E-state index in [-0.39, 0.29) is 37.5 Å². The van der Waals surface area contributed by atoms with Gasteiger partial charge in [-0.05, 0) is 103 Å². The average molecular weight is 929 g/mol. The second-order valence-corrected chi connectivity index (χ2v) is 17.8. The van der Waals surface area contributed by atoms with E-state index >= 15 is 0 Å². The fourth-order valence-corrected chi connectivity index (χ4v) is 7.24. The Labute approximate surface area is 412 Å². The van der Waals surface area contributed by atoms with Gasteiger partial charge in [0.25, 0.3) is 0 Å². The van der Waals surface area contributed by atoms with Gasteiger partial charge in [0.1, 0.15) is 13.2 Å². The summed E-state index contributed by atoms with van der Waals surface area (Å²) >= 11 is 0. The summed E-state index contributed by atoms with van der Waals surface area (Å²) in [5.74, 6) is -0.998. The lowest BCUT2D eigenvalue weighted by Gasteiger charge is -2.18. The van der Waals surface area contributed by atoms with E-state index in [0.717, 1.165) is 103 Å². The summed E-state index contributed by atoms with van der Waals surface area (Å²) in [6.45, 7) is 6.32. The van der Waals surface area contributed by atoms with E-state index in [2.05, 4.69) is 130 Å². The summed E-state index contributed by atoms with van der Waals surface area (Å²) in [5.41, 5.74) is 0. The van der Waals surface area contributed by atoms with Crippen molar-refractivity contribution in [3.8, 4) is 0 Å². The molecular weight excluding hydrogens is 829 g/mol. The Morgan fingerprint density at radius 1 is 0.328 bits per heavy atom. The molecule has 1 unspecified atom stereocenters. The maximum atomic E-state index is 12.8. The highest BCUT2D eigenvalue weighted by atomic mass is 16.6. The zero-order valence-electron chi connectivity index (χ0n) is 43.4. The molecule has 0 amide bonds. The van der Waals surface area contributed by atoms with Crippen LogP contribution in [0.5, 0.6) is 0 Å². The summed E-state index contributed by atoms with van der Waals surface area (Å²) in [7, 11) is 0. The van der Waals surface area contributed by atoms with Crippen molar-refractivity contribution in [2.45, 2.75) is 245 Å². The van der Waals surface area contributed by atoms with Gasteiger partial charge in [-0.15, -0.1) is 0 Å². The van der Waals surface area contributed by atoms with E-state index in [4.69, 9.17) is 14.2 Å². The summed E-state index contributed by atoms with van der Waals surface area (Å²) in [6.07, 6.45) is 73.7. The molecule has 0 bridgehead atoms. The van der Waals surface area contributed by atoms with Gasteiger partial charge in [-0.1, -0.05) is 226 Å². The number of hydrogen-bond donors (Lipinski definition) is 0. The molecule has 0 rings (SSSR count). The Hall–Kier alpha value is -3.93. The molecular formula is C61H100O6. The molecule has 0 saturated heterocycles. The summed E-state index contributed by atoms with van der Waals surface area (Å²) < 4.78 is 16.8. The molecule has 0 N–H and O–H groups in total. The first kappa shape index (κ1) is 63.1. The summed E-state index contributed by atoms with van der Waals surface area (Å²) in [4.78, 5) is 38.1. The van der Waals surface area contributed by atoms with E-state index in [9.17, 15) is 14.4 Å². The Kier molecular flexibility index (Phi) is 51.5. The number of allylic oxidation sites excluding steroid dienone is 18. The predicted molar refractivity (Wildman–Crippen MR) is 288 cm³/mol. The normalized spacial score (nSPS) is 12.9. The van der Waals surface area contributed by atoms with Crippen LogP contribution in [-0.2, 0) is 28.6 Å². The summed E-state index contributed by atoms with van der Waals surface area (Å²) in [6, 6.07) is 0. The largest absolute Gasteiger partial charge is 0.462 e. The highest BCUT2D eigenvalue weighted by Crippen LogP contribution is 2.14. The Morgan fingerprint density at radius 2 is 0.672 bits per heavy atom. The molecule has 6 heteroatoms. The van der Waals surface area contributed by atoms with Crippen LogP contribution in [0.2, 0.25) is 0 Å². The number of esters is 3. The Bertz CT molecular complexity index is 1390. The van der Waals surface area contributed by atoms with Crippen molar-refractivity contribution >= 4 is 17.9 Å². The van der Waals surface area contributed by atoms with Gasteiger partial charge in [0.05, 0.1) is 0 Å². The van der Waals surface area contributed by atoms with Gasteiger partial charge in [0, 0.05) is 19.3 Å². The second kappa shape index (κ2) is 54.7. The van der Waals surface area contributed by atoms with Crippen molar-refractivity contribution < 1.29 is 28.6 Å². The van der Waals surface area contributed by atoms with E-state index in [1.54, 1.807) is 0 Å². The minimum atomic E-state index is -0.820. The molecule has 6 nitrogen and oxygen atoms in total. The number of unbranched alkanes of at least 4 members (excludes halogenated alkanes) is 21. The van der Waals surface area contributed by atoms with Crippen LogP contribution >= 0.6 is 0 Å². The van der Waals surface area contributed by atoms with Crippen molar-refractivity contribution in [2.75, 3.05) is 13.2 Å². The Balaban J connectivity index is 4.49. The van der Waals surface area contributed by atoms with Crippen LogP contribution in [0.4, 0.5) is 0 Å². The third-order valence-corrected chi connectivity index (χ3v) is 11.3. The van der Waals surface area contributed by atoms with Gasteiger partial charge >= 0.3 is 17.9 Å². The lowest BCUT2D eigenvalue weighted by atomic mass is 10.1. The van der Waals surface area contributed by atoms with Crippen molar-refractivity contribution in [2.24, 2.45) is 0 Å². The van der Waals surface area contributed by atoms with E-state index < -0.39 is 6.10 Å². The number of hydrogen-bond acceptors (Lipinski definition) is 6. The number of ether oxygens (including phenoxy) is 3. The molecule has 380 valence electrons. The van der Waals surface area contributed by atoms with Gasteiger partial charge in [-0.2, -0.15) is 0 Å². The fraction of sp³-hybridized carbons (Fsp3) is 0.656. The van der Waals surface area contributed by atoms with E-state index in [0.29, 0.717) is 19.3 Å². The maximum absolute atomic E-state index is 12.8. The minimum absolute atomic E-state index is 0.111. The average Bonchev–Trinajstić information content (AvgIpc) is 3.33. The van der Waals surface area contributed by atoms with Gasteiger partial charge in [0.15, 0.2) is 6.10 Å². The molecule has 67 heavy (non-hydrogen) atoms. The molecule has 0 fully saturated rings. The monoisotopic (exact) mass is 929 g/mol. The second-order valence-electron chi connectivity index (χ2n) is 17.8. The molecule has 0 aliphatic carbocycles. The first-order valence-electron chi connectivity index (χ1n) is 27.4. The first-order valence-corrected chi connectivity index (χ1v) is 27.4. The molecule has 0 spiro atoms. The topological polar surface area (TPSA) is 78.9 Å². The lowest BCUT2D eigenvalue weighted by molar-refractivity contribution is -0.167. The van der Waals surface area contributed by atoms with Crippen LogP contribution < -0.4 is 0 Å². The SMILES string of the molecule is CC\C=C/C=C\C=C/CCCCCCCC(=O)OCC(COC(=O)CCCCCCCCC/C=C\CCCCCCCCCC)OC(=O)CCC/C=C\C/C=C\C/C=C\C/C=C\C/C=C\CC. The first-order chi connectivity index (χ1) is 33.0. The number of rotatable bonds is 48. The number of carbonyl (C=O) groups is 3. The minimum Gasteiger partial charge on any atom is -0.462 e. The highest BCUT2D eigenvalue weighted by molar-refractivity contribution is 5.71. The standard InChI is InChI=1S/C61H100O6/c1-4-7-10-13-16-19-22-25-27-29-30-32-33-36-39-42-45-48-51-54-60(63)66-57-58(56-65-59(62)53-50-47-44-41-38-35-24-21-18-15-12-9-6-3)67-61(64)55-52-49-46-43-40-37-34-31-28-26-23-20-17-14-11-8-5-2/h8-9,11-12,15,17-18,20-21,24,26,28-30,34,37,43,46,58H,4-7,10,13-14,16,19,22-23,25,27,31-33,35-36,38-42,44-45,47-57H2,1-3H3/b11-8-,12-9-,18-15-,20-17-,24-21-,28-26-,30-29-,37-34-,46-43-. The van der Waals surface area contributed by atoms with Crippen LogP contribution in [0, 0.1) is 0 Å². The molecule has 1 atom stereocenters. The molecule has 0 aliphatic heterocycles. The van der Waals surface area contributed by atoms with Gasteiger partial charge in [0.2, 0.25) is 0 Å². The maximum Gasteiger partial charge on any atom is 0.306 e. The van der Waals surface area contributed by atoms with Gasteiger partial charge < -0.3 is 14.2 Å². The zero-order chi connectivity index (χ0) is 48.6. The van der Waals surface area contributed by atoms with Crippen LogP contribution in [0.25, 0.3) is 0 Å². The molecule has 0 radical (unpaired) electrons. The van der Waals surface area contributed by atoms with Gasteiger partial charge in [-0.3, -0.25) is 14.4 Å². The predicted octanol–water partition coefficient (Wildman–Crippen LogP) is 18.3. The van der Waals surface area contributed by atoms with Crippen LogP contribution in [0.15, 0.2) is 109 Å².